The summed E-state index contributed by atoms with van der Waals surface area (Å²) in [4.78, 5) is 13.5. The molecule has 76 valence electrons. The molecule has 1 aliphatic rings. The first kappa shape index (κ1) is 10.1. The van der Waals surface area contributed by atoms with Gasteiger partial charge in [-0.15, -0.1) is 11.3 Å². The second-order valence-electron chi connectivity index (χ2n) is 3.40. The van der Waals surface area contributed by atoms with E-state index in [1.54, 1.807) is 4.90 Å². The molecule has 2 rings (SSSR count). The van der Waals surface area contributed by atoms with Crippen LogP contribution in [-0.4, -0.2) is 35.6 Å². The molecule has 0 spiro atoms. The van der Waals surface area contributed by atoms with Gasteiger partial charge in [-0.3, -0.25) is 4.79 Å². The van der Waals surface area contributed by atoms with Crippen LogP contribution in [0.4, 0.5) is 0 Å². The van der Waals surface area contributed by atoms with E-state index >= 15 is 0 Å². The lowest BCUT2D eigenvalue weighted by Gasteiger charge is -2.38. The van der Waals surface area contributed by atoms with Gasteiger partial charge in [-0.1, -0.05) is 0 Å². The third-order valence-corrected chi connectivity index (χ3v) is 3.82. The zero-order chi connectivity index (χ0) is 10.1. The molecule has 3 nitrogen and oxygen atoms in total. The number of nitrogens with zero attached hydrogens (tertiary/aromatic N) is 1. The molecule has 5 heteroatoms. The summed E-state index contributed by atoms with van der Waals surface area (Å²) in [6.45, 7) is 1.54. The van der Waals surface area contributed by atoms with Gasteiger partial charge in [0.15, 0.2) is 0 Å². The summed E-state index contributed by atoms with van der Waals surface area (Å²) in [5.41, 5.74) is 0.735. The smallest absolute Gasteiger partial charge is 0.254 e. The molecule has 1 N–H and O–H groups in total. The van der Waals surface area contributed by atoms with Crippen LogP contribution < -0.4 is 0 Å². The molecule has 0 unspecified atom stereocenters. The molecule has 0 aliphatic carbocycles. The Balaban J connectivity index is 1.97. The molecule has 0 saturated carbocycles. The normalized spacial score (nSPS) is 16.9. The average molecular weight is 276 g/mol. The molecule has 0 radical (unpaired) electrons. The number of amides is 1. The van der Waals surface area contributed by atoms with E-state index in [2.05, 4.69) is 15.9 Å². The quantitative estimate of drug-likeness (QED) is 0.890. The fourth-order valence-electron chi connectivity index (χ4n) is 1.46. The molecule has 0 aromatic carbocycles. The Hall–Kier alpha value is -0.390. The first-order valence-electron chi connectivity index (χ1n) is 4.35. The Kier molecular flexibility index (Phi) is 2.90. The Labute approximate surface area is 94.5 Å². The molecule has 1 fully saturated rings. The highest BCUT2D eigenvalue weighted by Crippen LogP contribution is 2.24. The van der Waals surface area contributed by atoms with Crippen molar-refractivity contribution in [3.8, 4) is 0 Å². The van der Waals surface area contributed by atoms with Gasteiger partial charge in [0.2, 0.25) is 0 Å². The zero-order valence-corrected chi connectivity index (χ0v) is 9.84. The molecule has 0 bridgehead atoms. The van der Waals surface area contributed by atoms with Gasteiger partial charge in [-0.25, -0.2) is 0 Å². The summed E-state index contributed by atoms with van der Waals surface area (Å²) >= 11 is 4.83. The SMILES string of the molecule is O=C(c1csc(Br)c1)N1CC(CO)C1. The Morgan fingerprint density at radius 2 is 2.43 bits per heavy atom. The lowest BCUT2D eigenvalue weighted by molar-refractivity contribution is 0.0362. The Morgan fingerprint density at radius 3 is 2.93 bits per heavy atom. The number of likely N-dealkylation sites (tertiary alicyclic amines) is 1. The standard InChI is InChI=1S/C9H10BrNO2S/c10-8-1-7(5-14-8)9(13)11-2-6(3-11)4-12/h1,5-6,12H,2-4H2. The molecule has 2 heterocycles. The van der Waals surface area contributed by atoms with Gasteiger partial charge in [0.1, 0.15) is 0 Å². The molecule has 14 heavy (non-hydrogen) atoms. The van der Waals surface area contributed by atoms with Crippen molar-refractivity contribution in [1.82, 2.24) is 4.90 Å². The van der Waals surface area contributed by atoms with E-state index in [9.17, 15) is 4.79 Å². The van der Waals surface area contributed by atoms with Gasteiger partial charge in [0, 0.05) is 31.0 Å². The van der Waals surface area contributed by atoms with E-state index < -0.39 is 0 Å². The maximum atomic E-state index is 11.7. The Bertz CT molecular complexity index is 346. The monoisotopic (exact) mass is 275 g/mol. The number of hydrogen-bond acceptors (Lipinski definition) is 3. The van der Waals surface area contributed by atoms with Crippen molar-refractivity contribution in [2.75, 3.05) is 19.7 Å². The van der Waals surface area contributed by atoms with Crippen LogP contribution in [0, 0.1) is 5.92 Å². The molecule has 1 aliphatic heterocycles. The first-order valence-corrected chi connectivity index (χ1v) is 6.02. The van der Waals surface area contributed by atoms with E-state index in [-0.39, 0.29) is 18.4 Å². The lowest BCUT2D eigenvalue weighted by Crippen LogP contribution is -2.51. The van der Waals surface area contributed by atoms with Crippen molar-refractivity contribution < 1.29 is 9.90 Å². The highest BCUT2D eigenvalue weighted by molar-refractivity contribution is 9.11. The van der Waals surface area contributed by atoms with Gasteiger partial charge in [-0.2, -0.15) is 0 Å². The largest absolute Gasteiger partial charge is 0.396 e. The fourth-order valence-corrected chi connectivity index (χ4v) is 2.59. The van der Waals surface area contributed by atoms with Crippen molar-refractivity contribution in [1.29, 1.82) is 0 Å². The van der Waals surface area contributed by atoms with Gasteiger partial charge >= 0.3 is 0 Å². The number of carbonyl (C=O) groups is 1. The number of aliphatic hydroxyl groups is 1. The summed E-state index contributed by atoms with van der Waals surface area (Å²) < 4.78 is 0.972. The van der Waals surface area contributed by atoms with Crippen molar-refractivity contribution >= 4 is 33.2 Å². The summed E-state index contributed by atoms with van der Waals surface area (Å²) in [6.07, 6.45) is 0. The van der Waals surface area contributed by atoms with Gasteiger partial charge < -0.3 is 10.0 Å². The van der Waals surface area contributed by atoms with E-state index in [4.69, 9.17) is 5.11 Å². The van der Waals surface area contributed by atoms with Crippen LogP contribution in [0.5, 0.6) is 0 Å². The zero-order valence-electron chi connectivity index (χ0n) is 7.44. The van der Waals surface area contributed by atoms with Crippen molar-refractivity contribution in [2.45, 2.75) is 0 Å². The van der Waals surface area contributed by atoms with Crippen molar-refractivity contribution in [3.63, 3.8) is 0 Å². The highest BCUT2D eigenvalue weighted by atomic mass is 79.9. The number of thiophene rings is 1. The molecular formula is C9H10BrNO2S. The van der Waals surface area contributed by atoms with Gasteiger partial charge in [0.25, 0.3) is 5.91 Å². The van der Waals surface area contributed by atoms with Crippen LogP contribution >= 0.6 is 27.3 Å². The summed E-state index contributed by atoms with van der Waals surface area (Å²) in [5.74, 6) is 0.345. The molecular weight excluding hydrogens is 266 g/mol. The second-order valence-corrected chi connectivity index (χ2v) is 5.69. The van der Waals surface area contributed by atoms with E-state index in [0.29, 0.717) is 13.1 Å². The maximum absolute atomic E-state index is 11.7. The van der Waals surface area contributed by atoms with E-state index in [0.717, 1.165) is 9.35 Å². The minimum atomic E-state index is 0.0663. The van der Waals surface area contributed by atoms with Gasteiger partial charge in [-0.05, 0) is 22.0 Å². The third-order valence-electron chi connectivity index (χ3n) is 2.32. The van der Waals surface area contributed by atoms with Gasteiger partial charge in [0.05, 0.1) is 9.35 Å². The number of halogens is 1. The van der Waals surface area contributed by atoms with Crippen LogP contribution in [0.25, 0.3) is 0 Å². The minimum absolute atomic E-state index is 0.0663. The number of carbonyl (C=O) groups excluding carboxylic acids is 1. The van der Waals surface area contributed by atoms with E-state index in [1.165, 1.54) is 11.3 Å². The fraction of sp³-hybridized carbons (Fsp3) is 0.444. The predicted octanol–water partition coefficient (Wildman–Crippen LogP) is 1.57. The van der Waals surface area contributed by atoms with Crippen molar-refractivity contribution in [2.24, 2.45) is 5.92 Å². The average Bonchev–Trinajstić information content (AvgIpc) is 2.49. The molecule has 1 aromatic heterocycles. The van der Waals surface area contributed by atoms with E-state index in [1.807, 2.05) is 11.4 Å². The Morgan fingerprint density at radius 1 is 1.71 bits per heavy atom. The molecule has 0 atom stereocenters. The number of aliphatic hydroxyl groups excluding tert-OH is 1. The topological polar surface area (TPSA) is 40.5 Å². The van der Waals surface area contributed by atoms with Crippen LogP contribution in [0.2, 0.25) is 0 Å². The molecule has 1 amide bonds. The minimum Gasteiger partial charge on any atom is -0.396 e. The third kappa shape index (κ3) is 1.85. The predicted molar refractivity (Wildman–Crippen MR) is 58.5 cm³/mol. The number of rotatable bonds is 2. The molecule has 1 aromatic rings. The maximum Gasteiger partial charge on any atom is 0.254 e. The lowest BCUT2D eigenvalue weighted by atomic mass is 10.0. The molecule has 1 saturated heterocycles. The number of hydrogen-bond donors (Lipinski definition) is 1. The first-order chi connectivity index (χ1) is 6.70. The summed E-state index contributed by atoms with van der Waals surface area (Å²) in [5, 5.41) is 10.7. The van der Waals surface area contributed by atoms with Crippen LogP contribution in [0.15, 0.2) is 15.2 Å². The summed E-state index contributed by atoms with van der Waals surface area (Å²) in [7, 11) is 0. The summed E-state index contributed by atoms with van der Waals surface area (Å²) in [6, 6.07) is 1.83. The second kappa shape index (κ2) is 4.00. The van der Waals surface area contributed by atoms with Crippen LogP contribution in [0.1, 0.15) is 10.4 Å². The highest BCUT2D eigenvalue weighted by Gasteiger charge is 2.30. The van der Waals surface area contributed by atoms with Crippen molar-refractivity contribution in [3.05, 3.63) is 20.8 Å². The van der Waals surface area contributed by atoms with Crippen LogP contribution in [0.3, 0.4) is 0 Å². The van der Waals surface area contributed by atoms with Crippen LogP contribution in [-0.2, 0) is 0 Å².